The third kappa shape index (κ3) is 5.88. The molecule has 154 valence electrons. The highest BCUT2D eigenvalue weighted by molar-refractivity contribution is 5.79. The normalized spacial score (nSPS) is 13.8. The Morgan fingerprint density at radius 1 is 0.931 bits per heavy atom. The van der Waals surface area contributed by atoms with Crippen LogP contribution in [0, 0.1) is 6.92 Å². The van der Waals surface area contributed by atoms with Crippen LogP contribution in [0.15, 0.2) is 48.5 Å². The quantitative estimate of drug-likeness (QED) is 0.774. The van der Waals surface area contributed by atoms with E-state index in [1.807, 2.05) is 31.2 Å². The average Bonchev–Trinajstić information content (AvgIpc) is 2.73. The van der Waals surface area contributed by atoms with Crippen LogP contribution in [0.3, 0.4) is 0 Å². The van der Waals surface area contributed by atoms with Gasteiger partial charge in [0.1, 0.15) is 5.75 Å². The molecule has 0 spiro atoms. The first-order valence-corrected chi connectivity index (χ1v) is 9.69. The fourth-order valence-corrected chi connectivity index (χ4v) is 3.13. The summed E-state index contributed by atoms with van der Waals surface area (Å²) in [5.74, 6) is 0.992. The molecule has 1 saturated heterocycles. The molecule has 3 rings (SSSR count). The monoisotopic (exact) mass is 398 g/mol. The van der Waals surface area contributed by atoms with Gasteiger partial charge in [-0.3, -0.25) is 9.59 Å². The number of para-hydroxylation sites is 2. The zero-order valence-electron chi connectivity index (χ0n) is 16.5. The smallest absolute Gasteiger partial charge is 0.260 e. The molecule has 2 aromatic carbocycles. The molecule has 2 amide bonds. The molecule has 1 aliphatic heterocycles. The van der Waals surface area contributed by atoms with Gasteiger partial charge in [-0.1, -0.05) is 24.3 Å². The fourth-order valence-electron chi connectivity index (χ4n) is 3.13. The Bertz CT molecular complexity index is 847. The van der Waals surface area contributed by atoms with E-state index in [-0.39, 0.29) is 37.2 Å². The second-order valence-corrected chi connectivity index (χ2v) is 6.93. The number of aryl methyl sites for hydroxylation is 1. The number of hydrogen-bond acceptors (Lipinski definition) is 5. The number of rotatable bonds is 7. The van der Waals surface area contributed by atoms with E-state index < -0.39 is 0 Å². The van der Waals surface area contributed by atoms with Crippen molar-refractivity contribution in [3.8, 4) is 17.2 Å². The molecule has 0 aromatic heterocycles. The van der Waals surface area contributed by atoms with Gasteiger partial charge in [0.2, 0.25) is 5.91 Å². The summed E-state index contributed by atoms with van der Waals surface area (Å²) in [7, 11) is 0. The van der Waals surface area contributed by atoms with Crippen LogP contribution >= 0.6 is 0 Å². The topological polar surface area (TPSA) is 79.3 Å². The molecule has 7 nitrogen and oxygen atoms in total. The van der Waals surface area contributed by atoms with Crippen LogP contribution in [0.4, 0.5) is 0 Å². The van der Waals surface area contributed by atoms with Crippen LogP contribution in [-0.2, 0) is 9.59 Å². The van der Waals surface area contributed by atoms with Gasteiger partial charge in [-0.25, -0.2) is 0 Å². The molecule has 0 saturated carbocycles. The third-order valence-electron chi connectivity index (χ3n) is 4.78. The predicted octanol–water partition coefficient (Wildman–Crippen LogP) is 2.22. The summed E-state index contributed by atoms with van der Waals surface area (Å²) in [6.45, 7) is 4.12. The third-order valence-corrected chi connectivity index (χ3v) is 4.78. The maximum atomic E-state index is 12.3. The first-order chi connectivity index (χ1) is 14.0. The molecular formula is C22H26N2O5. The zero-order chi connectivity index (χ0) is 20.6. The van der Waals surface area contributed by atoms with Gasteiger partial charge < -0.3 is 24.4 Å². The van der Waals surface area contributed by atoms with E-state index in [4.69, 9.17) is 9.47 Å². The van der Waals surface area contributed by atoms with Gasteiger partial charge >= 0.3 is 0 Å². The van der Waals surface area contributed by atoms with Crippen molar-refractivity contribution in [1.82, 2.24) is 9.80 Å². The molecule has 29 heavy (non-hydrogen) atoms. The summed E-state index contributed by atoms with van der Waals surface area (Å²) in [6, 6.07) is 14.2. The average molecular weight is 398 g/mol. The highest BCUT2D eigenvalue weighted by atomic mass is 16.5. The van der Waals surface area contributed by atoms with Gasteiger partial charge in [0.25, 0.3) is 5.91 Å². The van der Waals surface area contributed by atoms with Crippen molar-refractivity contribution in [2.24, 2.45) is 0 Å². The maximum Gasteiger partial charge on any atom is 0.260 e. The van der Waals surface area contributed by atoms with Crippen molar-refractivity contribution in [3.05, 3.63) is 54.1 Å². The maximum absolute atomic E-state index is 12.3. The summed E-state index contributed by atoms with van der Waals surface area (Å²) < 4.78 is 11.0. The lowest BCUT2D eigenvalue weighted by Crippen LogP contribution is -2.51. The minimum Gasteiger partial charge on any atom is -0.504 e. The van der Waals surface area contributed by atoms with Crippen molar-refractivity contribution in [2.75, 3.05) is 39.4 Å². The molecule has 2 aromatic rings. The number of amides is 2. The Balaban J connectivity index is 1.37. The summed E-state index contributed by atoms with van der Waals surface area (Å²) in [4.78, 5) is 28.2. The molecule has 0 atom stereocenters. The van der Waals surface area contributed by atoms with Gasteiger partial charge in [-0.2, -0.15) is 0 Å². The van der Waals surface area contributed by atoms with Crippen molar-refractivity contribution in [3.63, 3.8) is 0 Å². The first-order valence-electron chi connectivity index (χ1n) is 9.69. The summed E-state index contributed by atoms with van der Waals surface area (Å²) >= 11 is 0. The number of carbonyl (C=O) groups is 2. The zero-order valence-corrected chi connectivity index (χ0v) is 16.5. The predicted molar refractivity (Wildman–Crippen MR) is 108 cm³/mol. The van der Waals surface area contributed by atoms with Crippen molar-refractivity contribution in [2.45, 2.75) is 13.3 Å². The summed E-state index contributed by atoms with van der Waals surface area (Å²) in [6.07, 6.45) is 0.221. The molecule has 1 fully saturated rings. The van der Waals surface area contributed by atoms with Gasteiger partial charge in [0.05, 0.1) is 13.0 Å². The molecular weight excluding hydrogens is 372 g/mol. The molecule has 0 bridgehead atoms. The Morgan fingerprint density at radius 3 is 2.31 bits per heavy atom. The van der Waals surface area contributed by atoms with Crippen LogP contribution in [0.2, 0.25) is 0 Å². The van der Waals surface area contributed by atoms with Crippen LogP contribution in [0.25, 0.3) is 0 Å². The molecule has 0 unspecified atom stereocenters. The number of nitrogens with zero attached hydrogens (tertiary/aromatic N) is 2. The van der Waals surface area contributed by atoms with Crippen LogP contribution in [0.1, 0.15) is 12.0 Å². The Hall–Kier alpha value is -3.22. The molecule has 0 aliphatic carbocycles. The SMILES string of the molecule is Cc1cccc(OCC(=O)N2CCN(C(=O)CCOc3ccccc3O)CC2)c1. The van der Waals surface area contributed by atoms with Crippen molar-refractivity contribution in [1.29, 1.82) is 0 Å². The minimum atomic E-state index is -0.0820. The lowest BCUT2D eigenvalue weighted by molar-refractivity contribution is -0.141. The number of carbonyl (C=O) groups excluding carboxylic acids is 2. The van der Waals surface area contributed by atoms with Gasteiger partial charge in [0, 0.05) is 26.2 Å². The molecule has 1 N–H and O–H groups in total. The number of benzene rings is 2. The van der Waals surface area contributed by atoms with E-state index in [9.17, 15) is 14.7 Å². The number of aromatic hydroxyl groups is 1. The Kier molecular flexibility index (Phi) is 6.94. The number of phenols is 1. The van der Waals surface area contributed by atoms with E-state index >= 15 is 0 Å². The van der Waals surface area contributed by atoms with E-state index in [2.05, 4.69) is 0 Å². The lowest BCUT2D eigenvalue weighted by atomic mass is 10.2. The van der Waals surface area contributed by atoms with Crippen LogP contribution < -0.4 is 9.47 Å². The molecule has 1 aliphatic rings. The van der Waals surface area contributed by atoms with Gasteiger partial charge in [0.15, 0.2) is 18.1 Å². The summed E-state index contributed by atoms with van der Waals surface area (Å²) in [5.41, 5.74) is 1.08. The number of hydrogen-bond donors (Lipinski definition) is 1. The van der Waals surface area contributed by atoms with Crippen LogP contribution in [0.5, 0.6) is 17.2 Å². The van der Waals surface area contributed by atoms with E-state index in [1.54, 1.807) is 28.0 Å². The first kappa shape index (κ1) is 20.5. The van der Waals surface area contributed by atoms with Gasteiger partial charge in [-0.15, -0.1) is 0 Å². The molecule has 0 radical (unpaired) electrons. The Labute approximate surface area is 170 Å². The number of piperazine rings is 1. The lowest BCUT2D eigenvalue weighted by Gasteiger charge is -2.34. The number of phenolic OH excluding ortho intramolecular Hbond substituents is 1. The fraction of sp³-hybridized carbons (Fsp3) is 0.364. The second-order valence-electron chi connectivity index (χ2n) is 6.93. The highest BCUT2D eigenvalue weighted by Crippen LogP contribution is 2.24. The van der Waals surface area contributed by atoms with E-state index in [1.165, 1.54) is 6.07 Å². The minimum absolute atomic E-state index is 0.00813. The standard InChI is InChI=1S/C22H26N2O5/c1-17-5-4-6-18(15-17)29-16-22(27)24-12-10-23(11-13-24)21(26)9-14-28-20-8-3-2-7-19(20)25/h2-8,15,25H,9-14,16H2,1H3. The van der Waals surface area contributed by atoms with Crippen molar-refractivity contribution < 1.29 is 24.2 Å². The second kappa shape index (κ2) is 9.82. The molecule has 1 heterocycles. The number of ether oxygens (including phenoxy) is 2. The van der Waals surface area contributed by atoms with Gasteiger partial charge in [-0.05, 0) is 36.8 Å². The van der Waals surface area contributed by atoms with E-state index in [0.29, 0.717) is 37.7 Å². The molecule has 7 heteroatoms. The largest absolute Gasteiger partial charge is 0.504 e. The summed E-state index contributed by atoms with van der Waals surface area (Å²) in [5, 5.41) is 9.67. The van der Waals surface area contributed by atoms with Crippen LogP contribution in [-0.4, -0.2) is 66.1 Å². The Morgan fingerprint density at radius 2 is 1.62 bits per heavy atom. The van der Waals surface area contributed by atoms with E-state index in [0.717, 1.165) is 5.56 Å². The highest BCUT2D eigenvalue weighted by Gasteiger charge is 2.24. The van der Waals surface area contributed by atoms with Crippen molar-refractivity contribution >= 4 is 11.8 Å².